The van der Waals surface area contributed by atoms with Gasteiger partial charge in [0.15, 0.2) is 0 Å². The minimum atomic E-state index is -4.69. The zero-order valence-corrected chi connectivity index (χ0v) is 13.2. The Morgan fingerprint density at radius 2 is 2.00 bits per heavy atom. The lowest BCUT2D eigenvalue weighted by atomic mass is 10.0. The van der Waals surface area contributed by atoms with Crippen LogP contribution in [0.4, 0.5) is 30.2 Å². The van der Waals surface area contributed by atoms with Gasteiger partial charge in [-0.1, -0.05) is 0 Å². The van der Waals surface area contributed by atoms with E-state index in [1.54, 1.807) is 0 Å². The van der Waals surface area contributed by atoms with E-state index in [-0.39, 0.29) is 5.69 Å². The van der Waals surface area contributed by atoms with Gasteiger partial charge in [-0.15, -0.1) is 0 Å². The van der Waals surface area contributed by atoms with E-state index in [1.165, 1.54) is 0 Å². The number of ether oxygens (including phenoxy) is 1. The van der Waals surface area contributed by atoms with E-state index in [2.05, 4.69) is 15.3 Å². The second kappa shape index (κ2) is 8.73. The van der Waals surface area contributed by atoms with Crippen molar-refractivity contribution < 1.29 is 32.5 Å². The Labute approximate surface area is 143 Å². The van der Waals surface area contributed by atoms with Crippen molar-refractivity contribution in [2.45, 2.75) is 19.0 Å². The highest BCUT2D eigenvalue weighted by Crippen LogP contribution is 2.30. The summed E-state index contributed by atoms with van der Waals surface area (Å²) >= 11 is 0. The molecule has 26 heavy (non-hydrogen) atoms. The average Bonchev–Trinajstić information content (AvgIpc) is 2.56. The van der Waals surface area contributed by atoms with Gasteiger partial charge in [0, 0.05) is 18.7 Å². The van der Waals surface area contributed by atoms with Gasteiger partial charge >= 0.3 is 17.8 Å². The second-order valence-corrected chi connectivity index (χ2v) is 4.87. The van der Waals surface area contributed by atoms with E-state index >= 15 is 0 Å². The highest BCUT2D eigenvalue weighted by Gasteiger charge is 2.38. The van der Waals surface area contributed by atoms with Gasteiger partial charge in [0.1, 0.15) is 5.69 Å². The van der Waals surface area contributed by atoms with Crippen molar-refractivity contribution in [2.75, 3.05) is 12.5 Å². The topological polar surface area (TPSA) is 137 Å². The molecule has 0 aliphatic heterocycles. The molecule has 1 atom stereocenters. The first-order valence-corrected chi connectivity index (χ1v) is 6.91. The van der Waals surface area contributed by atoms with Crippen LogP contribution in [-0.4, -0.2) is 35.3 Å². The largest absolute Gasteiger partial charge is 0.469 e. The Kier molecular flexibility index (Phi) is 6.98. The van der Waals surface area contributed by atoms with E-state index in [9.17, 15) is 38.2 Å². The van der Waals surface area contributed by atoms with Gasteiger partial charge in [-0.2, -0.15) is 18.3 Å². The summed E-state index contributed by atoms with van der Waals surface area (Å²) in [6, 6.07) is 2.53. The van der Waals surface area contributed by atoms with E-state index in [1.807, 2.05) is 0 Å². The Hall–Kier alpha value is -3.25. The van der Waals surface area contributed by atoms with Gasteiger partial charge in [0.05, 0.1) is 28.9 Å². The number of carbonyl (C=O) groups excluding carboxylic acids is 1. The summed E-state index contributed by atoms with van der Waals surface area (Å²) in [6.45, 7) is 0. The molecule has 1 N–H and O–H groups in total. The van der Waals surface area contributed by atoms with Crippen LogP contribution in [0.1, 0.15) is 12.8 Å². The third-order valence-electron chi connectivity index (χ3n) is 3.14. The highest BCUT2D eigenvalue weighted by atomic mass is 19.4. The number of rotatable bonds is 8. The molecule has 1 rings (SSSR count). The molecule has 0 saturated carbocycles. The van der Waals surface area contributed by atoms with E-state index < -0.39 is 52.1 Å². The number of hydrazone groups is 1. The summed E-state index contributed by atoms with van der Waals surface area (Å²) in [4.78, 5) is 30.7. The van der Waals surface area contributed by atoms with Crippen LogP contribution in [-0.2, 0) is 9.53 Å². The maximum Gasteiger partial charge on any atom is 0.396 e. The normalized spacial score (nSPS) is 12.6. The van der Waals surface area contributed by atoms with Crippen molar-refractivity contribution in [2.24, 2.45) is 11.0 Å². The quantitative estimate of drug-likeness (QED) is 0.318. The summed E-state index contributed by atoms with van der Waals surface area (Å²) in [5.74, 6) is -2.92. The number of benzene rings is 1. The van der Waals surface area contributed by atoms with Crippen LogP contribution in [0.15, 0.2) is 23.3 Å². The van der Waals surface area contributed by atoms with Crippen molar-refractivity contribution in [1.82, 2.24) is 0 Å². The standard InChI is InChI=1S/C13H13F3N4O6/c1-26-12(21)5-2-8(13(14,15)16)7-17-18-10-4-3-9(19(22)23)6-11(10)20(24)25/h3-4,6-8,18H,2,5H2,1H3/b17-7+. The zero-order chi connectivity index (χ0) is 19.9. The van der Waals surface area contributed by atoms with Gasteiger partial charge < -0.3 is 4.74 Å². The summed E-state index contributed by atoms with van der Waals surface area (Å²) in [5, 5.41) is 24.9. The molecular weight excluding hydrogens is 365 g/mol. The molecule has 1 unspecified atom stereocenters. The number of halogens is 3. The second-order valence-electron chi connectivity index (χ2n) is 4.87. The fourth-order valence-electron chi connectivity index (χ4n) is 1.77. The summed E-state index contributed by atoms with van der Waals surface area (Å²) in [6.07, 6.45) is -5.36. The molecule has 1 aromatic rings. The zero-order valence-electron chi connectivity index (χ0n) is 13.2. The van der Waals surface area contributed by atoms with Crippen molar-refractivity contribution >= 4 is 29.2 Å². The van der Waals surface area contributed by atoms with Crippen molar-refractivity contribution in [3.63, 3.8) is 0 Å². The van der Waals surface area contributed by atoms with Crippen LogP contribution < -0.4 is 5.43 Å². The molecule has 0 amide bonds. The molecule has 0 aliphatic rings. The molecule has 142 valence electrons. The number of hydrogen-bond donors (Lipinski definition) is 1. The van der Waals surface area contributed by atoms with E-state index in [0.29, 0.717) is 12.3 Å². The van der Waals surface area contributed by atoms with Gasteiger partial charge in [0.25, 0.3) is 5.69 Å². The lowest BCUT2D eigenvalue weighted by Crippen LogP contribution is -2.25. The molecule has 0 radical (unpaired) electrons. The first-order chi connectivity index (χ1) is 12.1. The Bertz CT molecular complexity index is 722. The summed E-state index contributed by atoms with van der Waals surface area (Å²) in [7, 11) is 1.04. The summed E-state index contributed by atoms with van der Waals surface area (Å²) < 4.78 is 42.9. The number of nitro benzene ring substituents is 2. The van der Waals surface area contributed by atoms with Gasteiger partial charge in [0.2, 0.25) is 0 Å². The molecule has 0 heterocycles. The molecule has 1 aromatic carbocycles. The number of carbonyl (C=O) groups is 1. The number of esters is 1. The number of nitrogens with zero attached hydrogens (tertiary/aromatic N) is 3. The molecule has 0 bridgehead atoms. The number of hydrogen-bond acceptors (Lipinski definition) is 8. The predicted molar refractivity (Wildman–Crippen MR) is 82.7 cm³/mol. The molecule has 0 aliphatic carbocycles. The average molecular weight is 378 g/mol. The molecule has 13 heteroatoms. The first kappa shape index (κ1) is 20.8. The van der Waals surface area contributed by atoms with Crippen molar-refractivity contribution in [3.8, 4) is 0 Å². The fraction of sp³-hybridized carbons (Fsp3) is 0.385. The molecule has 10 nitrogen and oxygen atoms in total. The lowest BCUT2D eigenvalue weighted by molar-refractivity contribution is -0.393. The number of nitro groups is 2. The minimum absolute atomic E-state index is 0.328. The first-order valence-electron chi connectivity index (χ1n) is 6.91. The maximum atomic E-state index is 12.9. The number of alkyl halides is 3. The van der Waals surface area contributed by atoms with Crippen LogP contribution >= 0.6 is 0 Å². The summed E-state index contributed by atoms with van der Waals surface area (Å²) in [5.41, 5.74) is 0.441. The van der Waals surface area contributed by atoms with Gasteiger partial charge in [-0.25, -0.2) is 0 Å². The van der Waals surface area contributed by atoms with Crippen LogP contribution in [0.25, 0.3) is 0 Å². The fourth-order valence-corrected chi connectivity index (χ4v) is 1.77. The maximum absolute atomic E-state index is 12.9. The third-order valence-corrected chi connectivity index (χ3v) is 3.14. The highest BCUT2D eigenvalue weighted by molar-refractivity contribution is 5.71. The van der Waals surface area contributed by atoms with Crippen molar-refractivity contribution in [1.29, 1.82) is 0 Å². The minimum Gasteiger partial charge on any atom is -0.469 e. The van der Waals surface area contributed by atoms with Crippen LogP contribution in [0.2, 0.25) is 0 Å². The van der Waals surface area contributed by atoms with E-state index in [0.717, 1.165) is 19.2 Å². The molecule has 0 saturated heterocycles. The van der Waals surface area contributed by atoms with Crippen LogP contribution in [0.3, 0.4) is 0 Å². The van der Waals surface area contributed by atoms with Gasteiger partial charge in [-0.3, -0.25) is 30.4 Å². The van der Waals surface area contributed by atoms with Crippen LogP contribution in [0, 0.1) is 26.1 Å². The number of nitrogens with one attached hydrogen (secondary N) is 1. The molecule has 0 spiro atoms. The number of non-ortho nitro benzene ring substituents is 1. The Balaban J connectivity index is 2.94. The van der Waals surface area contributed by atoms with Crippen molar-refractivity contribution in [3.05, 3.63) is 38.4 Å². The molecular formula is C13H13F3N4O6. The predicted octanol–water partition coefficient (Wildman–Crippen LogP) is 3.03. The Morgan fingerprint density at radius 3 is 2.50 bits per heavy atom. The lowest BCUT2D eigenvalue weighted by Gasteiger charge is -2.15. The van der Waals surface area contributed by atoms with Gasteiger partial charge in [-0.05, 0) is 12.5 Å². The van der Waals surface area contributed by atoms with Crippen LogP contribution in [0.5, 0.6) is 0 Å². The smallest absolute Gasteiger partial charge is 0.396 e. The SMILES string of the molecule is COC(=O)CCC(/C=N/Nc1ccc([N+](=O)[O-])cc1[N+](=O)[O-])C(F)(F)F. The number of methoxy groups -OCH3 is 1. The number of anilines is 1. The monoisotopic (exact) mass is 378 g/mol. The third kappa shape index (κ3) is 5.99. The molecule has 0 aromatic heterocycles. The Morgan fingerprint density at radius 1 is 1.35 bits per heavy atom. The van der Waals surface area contributed by atoms with E-state index in [4.69, 9.17) is 0 Å². The molecule has 0 fully saturated rings.